The lowest BCUT2D eigenvalue weighted by Crippen LogP contribution is -2.02. The summed E-state index contributed by atoms with van der Waals surface area (Å²) in [6.07, 6.45) is 0.223. The highest BCUT2D eigenvalue weighted by Crippen LogP contribution is 2.28. The van der Waals surface area contributed by atoms with Crippen LogP contribution in [0.4, 0.5) is 0 Å². The predicted octanol–water partition coefficient (Wildman–Crippen LogP) is 3.74. The maximum atomic E-state index is 9.58. The van der Waals surface area contributed by atoms with Crippen LogP contribution in [-0.4, -0.2) is 11.7 Å². The first-order chi connectivity index (χ1) is 7.50. The molecule has 1 aromatic rings. The standard InChI is InChI=1S/C13H17ClO2/c1-9(2)6-7-16-13-5-4-11(14)8-12(13)10(3)15/h4-5,8,10,15H,1,6-7H2,2-3H3/t10-/m0/s1. The first-order valence-electron chi connectivity index (χ1n) is 5.25. The van der Waals surface area contributed by atoms with Crippen LogP contribution < -0.4 is 4.74 Å². The molecule has 1 aromatic carbocycles. The number of halogens is 1. The lowest BCUT2D eigenvalue weighted by molar-refractivity contribution is 0.191. The van der Waals surface area contributed by atoms with Gasteiger partial charge in [-0.05, 0) is 32.0 Å². The van der Waals surface area contributed by atoms with Crippen LogP contribution in [0.3, 0.4) is 0 Å². The summed E-state index contributed by atoms with van der Waals surface area (Å²) in [6, 6.07) is 5.26. The lowest BCUT2D eigenvalue weighted by Gasteiger charge is -2.13. The molecule has 0 saturated carbocycles. The molecular formula is C13H17ClO2. The summed E-state index contributed by atoms with van der Waals surface area (Å²) >= 11 is 5.86. The summed E-state index contributed by atoms with van der Waals surface area (Å²) < 4.78 is 5.58. The van der Waals surface area contributed by atoms with Crippen LogP contribution in [0.15, 0.2) is 30.4 Å². The quantitative estimate of drug-likeness (QED) is 0.795. The zero-order valence-corrected chi connectivity index (χ0v) is 10.4. The Hall–Kier alpha value is -0.990. The third kappa shape index (κ3) is 3.87. The summed E-state index contributed by atoms with van der Waals surface area (Å²) in [7, 11) is 0. The lowest BCUT2D eigenvalue weighted by atomic mass is 10.1. The number of aliphatic hydroxyl groups is 1. The molecule has 3 heteroatoms. The summed E-state index contributed by atoms with van der Waals surface area (Å²) in [5, 5.41) is 10.2. The van der Waals surface area contributed by atoms with Gasteiger partial charge in [0.15, 0.2) is 0 Å². The molecule has 0 bridgehead atoms. The van der Waals surface area contributed by atoms with Gasteiger partial charge in [-0.1, -0.05) is 17.2 Å². The third-order valence-electron chi connectivity index (χ3n) is 2.21. The maximum absolute atomic E-state index is 9.58. The summed E-state index contributed by atoms with van der Waals surface area (Å²) in [6.45, 7) is 8.02. The zero-order valence-electron chi connectivity index (χ0n) is 9.66. The van der Waals surface area contributed by atoms with Gasteiger partial charge in [-0.25, -0.2) is 0 Å². The molecule has 88 valence electrons. The van der Waals surface area contributed by atoms with E-state index < -0.39 is 6.10 Å². The van der Waals surface area contributed by atoms with Gasteiger partial charge in [0.05, 0.1) is 12.7 Å². The molecule has 1 N–H and O–H groups in total. The van der Waals surface area contributed by atoms with Crippen molar-refractivity contribution in [3.63, 3.8) is 0 Å². The van der Waals surface area contributed by atoms with Gasteiger partial charge in [-0.15, -0.1) is 6.58 Å². The number of ether oxygens (including phenoxy) is 1. The normalized spacial score (nSPS) is 12.2. The van der Waals surface area contributed by atoms with Crippen molar-refractivity contribution in [1.82, 2.24) is 0 Å². The van der Waals surface area contributed by atoms with Gasteiger partial charge in [0, 0.05) is 17.0 Å². The van der Waals surface area contributed by atoms with Crippen LogP contribution in [0, 0.1) is 0 Å². The van der Waals surface area contributed by atoms with Crippen LogP contribution in [0.1, 0.15) is 31.9 Å². The van der Waals surface area contributed by atoms with Crippen LogP contribution in [0.25, 0.3) is 0 Å². The minimum absolute atomic E-state index is 0.566. The molecule has 0 fully saturated rings. The molecular weight excluding hydrogens is 224 g/mol. The Balaban J connectivity index is 2.74. The molecule has 0 heterocycles. The Bertz CT molecular complexity index is 372. The van der Waals surface area contributed by atoms with Crippen LogP contribution in [0.2, 0.25) is 5.02 Å². The van der Waals surface area contributed by atoms with Crippen molar-refractivity contribution >= 4 is 11.6 Å². The van der Waals surface area contributed by atoms with Crippen molar-refractivity contribution in [2.75, 3.05) is 6.61 Å². The number of rotatable bonds is 5. The van der Waals surface area contributed by atoms with Gasteiger partial charge in [-0.3, -0.25) is 0 Å². The smallest absolute Gasteiger partial charge is 0.125 e. The number of aliphatic hydroxyl groups excluding tert-OH is 1. The van der Waals surface area contributed by atoms with E-state index >= 15 is 0 Å². The Kier molecular flexibility index (Phi) is 4.84. The number of benzene rings is 1. The fourth-order valence-corrected chi connectivity index (χ4v) is 1.49. The molecule has 1 atom stereocenters. The Morgan fingerprint density at radius 2 is 2.25 bits per heavy atom. The average molecular weight is 241 g/mol. The van der Waals surface area contributed by atoms with E-state index in [1.807, 2.05) is 6.92 Å². The van der Waals surface area contributed by atoms with Gasteiger partial charge in [0.2, 0.25) is 0 Å². The van der Waals surface area contributed by atoms with E-state index in [9.17, 15) is 5.11 Å². The van der Waals surface area contributed by atoms with Crippen molar-refractivity contribution in [3.8, 4) is 5.75 Å². The predicted molar refractivity (Wildman–Crippen MR) is 67.0 cm³/mol. The second-order valence-electron chi connectivity index (χ2n) is 3.91. The highest BCUT2D eigenvalue weighted by atomic mass is 35.5. The van der Waals surface area contributed by atoms with E-state index in [1.54, 1.807) is 25.1 Å². The average Bonchev–Trinajstić information content (AvgIpc) is 2.19. The van der Waals surface area contributed by atoms with Crippen LogP contribution in [-0.2, 0) is 0 Å². The van der Waals surface area contributed by atoms with Gasteiger partial charge in [-0.2, -0.15) is 0 Å². The molecule has 16 heavy (non-hydrogen) atoms. The minimum Gasteiger partial charge on any atom is -0.493 e. The first kappa shape index (κ1) is 13.1. The SMILES string of the molecule is C=C(C)CCOc1ccc(Cl)cc1[C@H](C)O. The van der Waals surface area contributed by atoms with E-state index in [0.29, 0.717) is 22.9 Å². The summed E-state index contributed by atoms with van der Waals surface area (Å²) in [5.41, 5.74) is 1.79. The number of hydrogen-bond donors (Lipinski definition) is 1. The van der Waals surface area contributed by atoms with Crippen molar-refractivity contribution in [3.05, 3.63) is 40.9 Å². The third-order valence-corrected chi connectivity index (χ3v) is 2.44. The summed E-state index contributed by atoms with van der Waals surface area (Å²) in [4.78, 5) is 0. The van der Waals surface area contributed by atoms with Crippen LogP contribution >= 0.6 is 11.6 Å². The molecule has 0 saturated heterocycles. The van der Waals surface area contributed by atoms with E-state index in [1.165, 1.54) is 0 Å². The van der Waals surface area contributed by atoms with Crippen molar-refractivity contribution < 1.29 is 9.84 Å². The van der Waals surface area contributed by atoms with E-state index in [4.69, 9.17) is 16.3 Å². The van der Waals surface area contributed by atoms with Crippen molar-refractivity contribution in [1.29, 1.82) is 0 Å². The molecule has 0 amide bonds. The highest BCUT2D eigenvalue weighted by Gasteiger charge is 2.09. The Morgan fingerprint density at radius 1 is 1.56 bits per heavy atom. The monoisotopic (exact) mass is 240 g/mol. The number of hydrogen-bond acceptors (Lipinski definition) is 2. The van der Waals surface area contributed by atoms with Crippen molar-refractivity contribution in [2.45, 2.75) is 26.4 Å². The molecule has 0 aliphatic rings. The van der Waals surface area contributed by atoms with Gasteiger partial charge in [0.1, 0.15) is 5.75 Å². The van der Waals surface area contributed by atoms with E-state index in [0.717, 1.165) is 12.0 Å². The summed E-state index contributed by atoms with van der Waals surface area (Å²) in [5.74, 6) is 0.681. The fraction of sp³-hybridized carbons (Fsp3) is 0.385. The molecule has 0 aromatic heterocycles. The molecule has 0 aliphatic heterocycles. The topological polar surface area (TPSA) is 29.5 Å². The second kappa shape index (κ2) is 5.92. The Labute approximate surface area is 102 Å². The largest absolute Gasteiger partial charge is 0.493 e. The van der Waals surface area contributed by atoms with Crippen LogP contribution in [0.5, 0.6) is 5.75 Å². The molecule has 2 nitrogen and oxygen atoms in total. The first-order valence-corrected chi connectivity index (χ1v) is 5.63. The van der Waals surface area contributed by atoms with Gasteiger partial charge >= 0.3 is 0 Å². The van der Waals surface area contributed by atoms with E-state index in [2.05, 4.69) is 6.58 Å². The molecule has 0 aliphatic carbocycles. The van der Waals surface area contributed by atoms with Gasteiger partial charge < -0.3 is 9.84 Å². The molecule has 0 radical (unpaired) electrons. The highest BCUT2D eigenvalue weighted by molar-refractivity contribution is 6.30. The molecule has 1 rings (SSSR count). The van der Waals surface area contributed by atoms with Crippen molar-refractivity contribution in [2.24, 2.45) is 0 Å². The Morgan fingerprint density at radius 3 is 2.81 bits per heavy atom. The van der Waals surface area contributed by atoms with E-state index in [-0.39, 0.29) is 0 Å². The molecule has 0 unspecified atom stereocenters. The molecule has 0 spiro atoms. The maximum Gasteiger partial charge on any atom is 0.125 e. The second-order valence-corrected chi connectivity index (χ2v) is 4.35. The van der Waals surface area contributed by atoms with Gasteiger partial charge in [0.25, 0.3) is 0 Å². The minimum atomic E-state index is -0.585. The zero-order chi connectivity index (χ0) is 12.1. The fourth-order valence-electron chi connectivity index (χ4n) is 1.31.